The molecule has 0 heterocycles. The van der Waals surface area contributed by atoms with Crippen LogP contribution in [0, 0.1) is 6.92 Å². The highest BCUT2D eigenvalue weighted by Crippen LogP contribution is 2.27. The SMILES string of the molecule is Cc1c(N)cc(Cl)cc1S(=O)(=O)N(C)CCS(C)(=O)=O. The minimum absolute atomic E-state index is 0.0153. The molecule has 20 heavy (non-hydrogen) atoms. The predicted octanol–water partition coefficient (Wildman–Crippen LogP) is 0.896. The number of rotatable bonds is 5. The number of nitrogens with two attached hydrogens (primary N) is 1. The van der Waals surface area contributed by atoms with Crippen molar-refractivity contribution in [2.24, 2.45) is 0 Å². The molecular weight excluding hydrogens is 324 g/mol. The van der Waals surface area contributed by atoms with Gasteiger partial charge in [0, 0.05) is 30.6 Å². The van der Waals surface area contributed by atoms with Gasteiger partial charge in [-0.15, -0.1) is 0 Å². The van der Waals surface area contributed by atoms with Crippen molar-refractivity contribution < 1.29 is 16.8 Å². The van der Waals surface area contributed by atoms with Gasteiger partial charge in [-0.3, -0.25) is 0 Å². The van der Waals surface area contributed by atoms with Crippen molar-refractivity contribution in [3.63, 3.8) is 0 Å². The Morgan fingerprint density at radius 1 is 1.25 bits per heavy atom. The number of sulfone groups is 1. The zero-order valence-electron chi connectivity index (χ0n) is 11.4. The third-order valence-electron chi connectivity index (χ3n) is 2.83. The highest BCUT2D eigenvalue weighted by molar-refractivity contribution is 7.91. The van der Waals surface area contributed by atoms with E-state index in [0.29, 0.717) is 5.56 Å². The molecule has 2 N–H and O–H groups in total. The molecule has 0 bridgehead atoms. The number of sulfonamides is 1. The van der Waals surface area contributed by atoms with Crippen LogP contribution in [-0.4, -0.2) is 46.7 Å². The Balaban J connectivity index is 3.17. The van der Waals surface area contributed by atoms with E-state index in [2.05, 4.69) is 0 Å². The van der Waals surface area contributed by atoms with E-state index in [0.717, 1.165) is 10.6 Å². The van der Waals surface area contributed by atoms with Gasteiger partial charge in [0.05, 0.1) is 10.6 Å². The Morgan fingerprint density at radius 2 is 1.80 bits per heavy atom. The Labute approximate surface area is 124 Å². The quantitative estimate of drug-likeness (QED) is 0.803. The molecule has 0 aliphatic carbocycles. The number of benzene rings is 1. The van der Waals surface area contributed by atoms with Crippen LogP contribution in [-0.2, 0) is 19.9 Å². The molecule has 0 atom stereocenters. The van der Waals surface area contributed by atoms with Crippen molar-refractivity contribution in [2.45, 2.75) is 11.8 Å². The van der Waals surface area contributed by atoms with Gasteiger partial charge in [0.1, 0.15) is 9.84 Å². The fourth-order valence-corrected chi connectivity index (χ4v) is 3.99. The average Bonchev–Trinajstić information content (AvgIpc) is 2.29. The molecule has 0 aliphatic rings. The number of anilines is 1. The standard InChI is InChI=1S/C11H17ClN2O4S2/c1-8-10(13)6-9(12)7-11(8)20(17,18)14(2)4-5-19(3,15)16/h6-7H,4-5,13H2,1-3H3. The number of hydrogen-bond donors (Lipinski definition) is 1. The van der Waals surface area contributed by atoms with Gasteiger partial charge in [-0.25, -0.2) is 16.8 Å². The van der Waals surface area contributed by atoms with Crippen molar-refractivity contribution in [1.82, 2.24) is 4.31 Å². The molecule has 0 fully saturated rings. The molecule has 1 aromatic carbocycles. The van der Waals surface area contributed by atoms with Gasteiger partial charge < -0.3 is 5.73 Å². The molecule has 0 unspecified atom stereocenters. The molecule has 0 amide bonds. The van der Waals surface area contributed by atoms with E-state index in [-0.39, 0.29) is 27.9 Å². The summed E-state index contributed by atoms with van der Waals surface area (Å²) in [4.78, 5) is -0.0153. The van der Waals surface area contributed by atoms with E-state index in [1.54, 1.807) is 6.92 Å². The summed E-state index contributed by atoms with van der Waals surface area (Å²) >= 11 is 5.82. The zero-order valence-corrected chi connectivity index (χ0v) is 13.8. The van der Waals surface area contributed by atoms with Crippen molar-refractivity contribution in [3.05, 3.63) is 22.7 Å². The first-order valence-electron chi connectivity index (χ1n) is 5.65. The van der Waals surface area contributed by atoms with E-state index in [1.165, 1.54) is 19.2 Å². The molecule has 0 aromatic heterocycles. The first-order chi connectivity index (χ1) is 8.95. The first kappa shape index (κ1) is 17.2. The molecule has 0 saturated carbocycles. The molecule has 0 radical (unpaired) electrons. The van der Waals surface area contributed by atoms with Gasteiger partial charge in [-0.2, -0.15) is 4.31 Å². The lowest BCUT2D eigenvalue weighted by Crippen LogP contribution is -2.32. The Morgan fingerprint density at radius 3 is 2.30 bits per heavy atom. The van der Waals surface area contributed by atoms with Gasteiger partial charge >= 0.3 is 0 Å². The van der Waals surface area contributed by atoms with Crippen molar-refractivity contribution in [2.75, 3.05) is 31.3 Å². The second kappa shape index (κ2) is 5.88. The first-order valence-corrected chi connectivity index (χ1v) is 9.52. The molecule has 1 rings (SSSR count). The molecule has 0 spiro atoms. The minimum Gasteiger partial charge on any atom is -0.398 e. The molecule has 0 saturated heterocycles. The lowest BCUT2D eigenvalue weighted by atomic mass is 10.2. The lowest BCUT2D eigenvalue weighted by Gasteiger charge is -2.19. The lowest BCUT2D eigenvalue weighted by molar-refractivity contribution is 0.484. The van der Waals surface area contributed by atoms with Crippen LogP contribution in [0.3, 0.4) is 0 Å². The molecule has 6 nitrogen and oxygen atoms in total. The summed E-state index contributed by atoms with van der Waals surface area (Å²) in [5.41, 5.74) is 6.36. The summed E-state index contributed by atoms with van der Waals surface area (Å²) in [5, 5.41) is 0.211. The van der Waals surface area contributed by atoms with Crippen LogP contribution in [0.2, 0.25) is 5.02 Å². The van der Waals surface area contributed by atoms with Crippen molar-refractivity contribution in [1.29, 1.82) is 0 Å². The topological polar surface area (TPSA) is 97.5 Å². The molecular formula is C11H17ClN2O4S2. The molecule has 114 valence electrons. The van der Waals surface area contributed by atoms with E-state index < -0.39 is 19.9 Å². The molecule has 1 aromatic rings. The second-order valence-corrected chi connectivity index (χ2v) is 9.28. The van der Waals surface area contributed by atoms with E-state index in [1.807, 2.05) is 0 Å². The summed E-state index contributed by atoms with van der Waals surface area (Å²) in [6.07, 6.45) is 1.05. The Hall–Kier alpha value is -0.830. The highest BCUT2D eigenvalue weighted by atomic mass is 35.5. The zero-order chi connectivity index (χ0) is 15.7. The van der Waals surface area contributed by atoms with Crippen LogP contribution in [0.25, 0.3) is 0 Å². The summed E-state index contributed by atoms with van der Waals surface area (Å²) in [5.74, 6) is -0.252. The van der Waals surface area contributed by atoms with E-state index >= 15 is 0 Å². The van der Waals surface area contributed by atoms with E-state index in [4.69, 9.17) is 17.3 Å². The largest absolute Gasteiger partial charge is 0.398 e. The van der Waals surface area contributed by atoms with E-state index in [9.17, 15) is 16.8 Å². The second-order valence-electron chi connectivity index (χ2n) is 4.57. The fraction of sp³-hybridized carbons (Fsp3) is 0.455. The Kier molecular flexibility index (Phi) is 5.07. The minimum atomic E-state index is -3.83. The number of hydrogen-bond acceptors (Lipinski definition) is 5. The van der Waals surface area contributed by atoms with Crippen molar-refractivity contribution in [3.8, 4) is 0 Å². The monoisotopic (exact) mass is 340 g/mol. The van der Waals surface area contributed by atoms with Gasteiger partial charge in [0.2, 0.25) is 10.0 Å². The van der Waals surface area contributed by atoms with Crippen LogP contribution in [0.5, 0.6) is 0 Å². The summed E-state index contributed by atoms with van der Waals surface area (Å²) < 4.78 is 48.0. The van der Waals surface area contributed by atoms with Crippen LogP contribution >= 0.6 is 11.6 Å². The average molecular weight is 341 g/mol. The summed E-state index contributed by atoms with van der Waals surface area (Å²) in [7, 11) is -5.76. The van der Waals surface area contributed by atoms with Crippen LogP contribution in [0.4, 0.5) is 5.69 Å². The smallest absolute Gasteiger partial charge is 0.243 e. The maximum Gasteiger partial charge on any atom is 0.243 e. The molecule has 0 aliphatic heterocycles. The summed E-state index contributed by atoms with van der Waals surface area (Å²) in [6, 6.07) is 2.77. The van der Waals surface area contributed by atoms with Crippen LogP contribution < -0.4 is 5.73 Å². The number of nitrogens with zero attached hydrogens (tertiary/aromatic N) is 1. The fourth-order valence-electron chi connectivity index (χ4n) is 1.52. The molecule has 9 heteroatoms. The van der Waals surface area contributed by atoms with Gasteiger partial charge in [0.15, 0.2) is 0 Å². The van der Waals surface area contributed by atoms with Crippen molar-refractivity contribution >= 4 is 37.1 Å². The highest BCUT2D eigenvalue weighted by Gasteiger charge is 2.25. The Bertz CT molecular complexity index is 714. The van der Waals surface area contributed by atoms with Crippen LogP contribution in [0.1, 0.15) is 5.56 Å². The number of halogens is 1. The maximum absolute atomic E-state index is 12.4. The maximum atomic E-state index is 12.4. The number of nitrogen functional groups attached to an aromatic ring is 1. The summed E-state index contributed by atoms with van der Waals surface area (Å²) in [6.45, 7) is 1.44. The van der Waals surface area contributed by atoms with Crippen LogP contribution in [0.15, 0.2) is 17.0 Å². The van der Waals surface area contributed by atoms with Gasteiger partial charge in [0.25, 0.3) is 0 Å². The normalized spacial score (nSPS) is 12.8. The predicted molar refractivity (Wildman–Crippen MR) is 80.1 cm³/mol. The van der Waals surface area contributed by atoms with Gasteiger partial charge in [-0.1, -0.05) is 11.6 Å². The third-order valence-corrected chi connectivity index (χ3v) is 5.96. The third kappa shape index (κ3) is 4.08. The van der Waals surface area contributed by atoms with Gasteiger partial charge in [-0.05, 0) is 24.6 Å².